The smallest absolute Gasteiger partial charge is 0.255 e. The van der Waals surface area contributed by atoms with Crippen LogP contribution < -0.4 is 16.4 Å². The molecule has 0 aliphatic rings. The molecule has 11 heteroatoms. The maximum absolute atomic E-state index is 13.0. The average molecular weight is 550 g/mol. The number of nitrogen functional groups attached to an aromatic ring is 1. The molecule has 0 radical (unpaired) electrons. The van der Waals surface area contributed by atoms with Crippen molar-refractivity contribution in [2.75, 3.05) is 16.4 Å². The summed E-state index contributed by atoms with van der Waals surface area (Å²) in [6.45, 7) is 6.61. The van der Waals surface area contributed by atoms with Gasteiger partial charge in [-0.05, 0) is 46.9 Å². The molecule has 0 aliphatic carbocycles. The molecule has 0 saturated heterocycles. The summed E-state index contributed by atoms with van der Waals surface area (Å²) in [5, 5.41) is 20.5. The average Bonchev–Trinajstić information content (AvgIpc) is 3.46. The topological polar surface area (TPSA) is 157 Å². The van der Waals surface area contributed by atoms with Crippen molar-refractivity contribution in [3.63, 3.8) is 0 Å². The number of benzene rings is 3. The van der Waals surface area contributed by atoms with Crippen molar-refractivity contribution in [1.82, 2.24) is 29.7 Å². The number of nitrogens with one attached hydrogen (secondary N) is 2. The number of aliphatic hydroxyl groups excluding tert-OH is 1. The Balaban J connectivity index is 1.36. The van der Waals surface area contributed by atoms with Gasteiger partial charge in [0.25, 0.3) is 5.91 Å². The van der Waals surface area contributed by atoms with E-state index in [1.807, 2.05) is 36.4 Å². The van der Waals surface area contributed by atoms with Crippen molar-refractivity contribution in [2.24, 2.45) is 0 Å². The second kappa shape index (κ2) is 11.5. The van der Waals surface area contributed by atoms with Crippen molar-refractivity contribution < 1.29 is 9.90 Å². The van der Waals surface area contributed by atoms with Crippen LogP contribution in [0.15, 0.2) is 79.4 Å². The van der Waals surface area contributed by atoms with Crippen molar-refractivity contribution >= 4 is 29.2 Å². The van der Waals surface area contributed by atoms with Gasteiger partial charge >= 0.3 is 0 Å². The molecule has 2 aromatic heterocycles. The van der Waals surface area contributed by atoms with Crippen LogP contribution in [0.1, 0.15) is 47.8 Å². The molecule has 5 rings (SSSR count). The molecule has 0 spiro atoms. The first kappa shape index (κ1) is 27.4. The number of hydrogen-bond acceptors (Lipinski definition) is 9. The Bertz CT molecular complexity index is 1640. The van der Waals surface area contributed by atoms with E-state index in [1.165, 1.54) is 6.33 Å². The summed E-state index contributed by atoms with van der Waals surface area (Å²) in [6, 6.07) is 20.4. The second-order valence-corrected chi connectivity index (χ2v) is 10.5. The number of anilines is 4. The summed E-state index contributed by atoms with van der Waals surface area (Å²) >= 11 is 0. The van der Waals surface area contributed by atoms with Crippen LogP contribution in [0, 0.1) is 0 Å². The third-order valence-electron chi connectivity index (χ3n) is 6.51. The van der Waals surface area contributed by atoms with Crippen LogP contribution in [-0.2, 0) is 18.6 Å². The zero-order valence-electron chi connectivity index (χ0n) is 23.0. The zero-order chi connectivity index (χ0) is 29.0. The summed E-state index contributed by atoms with van der Waals surface area (Å²) < 4.78 is 1.74. The number of hydrogen-bond donors (Lipinski definition) is 4. The van der Waals surface area contributed by atoms with Gasteiger partial charge < -0.3 is 21.5 Å². The quantitative estimate of drug-likeness (QED) is 0.218. The number of aromatic nitrogens is 6. The van der Waals surface area contributed by atoms with E-state index < -0.39 is 0 Å². The lowest BCUT2D eigenvalue weighted by molar-refractivity contribution is 0.102. The molecule has 0 unspecified atom stereocenters. The number of nitrogens with zero attached hydrogens (tertiary/aromatic N) is 6. The SMILES string of the molecule is CC(C)(C)c1ccc(C(=O)Nc2cccc(-c3nc(N)nc(Nc4ccc(Cn5cncn5)cc4)n3)c2CO)cc1. The van der Waals surface area contributed by atoms with E-state index in [-0.39, 0.29) is 35.7 Å². The van der Waals surface area contributed by atoms with Crippen LogP contribution in [0.3, 0.4) is 0 Å². The Morgan fingerprint density at radius 3 is 2.39 bits per heavy atom. The first-order chi connectivity index (χ1) is 19.7. The molecule has 3 aromatic carbocycles. The minimum Gasteiger partial charge on any atom is -0.392 e. The molecule has 1 amide bonds. The minimum absolute atomic E-state index is 0.0116. The summed E-state index contributed by atoms with van der Waals surface area (Å²) in [5.74, 6) is 0.228. The number of amides is 1. The van der Waals surface area contributed by atoms with Gasteiger partial charge in [-0.3, -0.25) is 4.79 Å². The van der Waals surface area contributed by atoms with Gasteiger partial charge in [0, 0.05) is 28.1 Å². The van der Waals surface area contributed by atoms with E-state index in [0.29, 0.717) is 28.9 Å². The lowest BCUT2D eigenvalue weighted by Crippen LogP contribution is -2.15. The molecular weight excluding hydrogens is 518 g/mol. The molecule has 2 heterocycles. The van der Waals surface area contributed by atoms with Gasteiger partial charge in [-0.2, -0.15) is 20.1 Å². The summed E-state index contributed by atoms with van der Waals surface area (Å²) in [7, 11) is 0. The van der Waals surface area contributed by atoms with Crippen molar-refractivity contribution in [1.29, 1.82) is 0 Å². The monoisotopic (exact) mass is 549 g/mol. The van der Waals surface area contributed by atoms with E-state index >= 15 is 0 Å². The largest absolute Gasteiger partial charge is 0.392 e. The van der Waals surface area contributed by atoms with Gasteiger partial charge in [0.15, 0.2) is 5.82 Å². The minimum atomic E-state index is -0.351. The van der Waals surface area contributed by atoms with Crippen molar-refractivity contribution in [3.05, 3.63) is 102 Å². The van der Waals surface area contributed by atoms with Gasteiger partial charge in [-0.15, -0.1) is 0 Å². The third kappa shape index (κ3) is 6.53. The van der Waals surface area contributed by atoms with Crippen LogP contribution >= 0.6 is 0 Å². The van der Waals surface area contributed by atoms with Crippen molar-refractivity contribution in [3.8, 4) is 11.4 Å². The maximum Gasteiger partial charge on any atom is 0.255 e. The van der Waals surface area contributed by atoms with Gasteiger partial charge in [-0.1, -0.05) is 57.2 Å². The van der Waals surface area contributed by atoms with Gasteiger partial charge in [0.1, 0.15) is 12.7 Å². The first-order valence-corrected chi connectivity index (χ1v) is 13.0. The summed E-state index contributed by atoms with van der Waals surface area (Å²) in [6.07, 6.45) is 3.16. The molecule has 5 aromatic rings. The highest BCUT2D eigenvalue weighted by atomic mass is 16.3. The van der Waals surface area contributed by atoms with Crippen LogP contribution in [0.5, 0.6) is 0 Å². The highest BCUT2D eigenvalue weighted by Gasteiger charge is 2.18. The van der Waals surface area contributed by atoms with E-state index in [1.54, 1.807) is 41.3 Å². The highest BCUT2D eigenvalue weighted by Crippen LogP contribution is 2.29. The fraction of sp³-hybridized carbons (Fsp3) is 0.200. The molecule has 41 heavy (non-hydrogen) atoms. The number of nitrogens with two attached hydrogens (primary N) is 1. The molecule has 0 atom stereocenters. The lowest BCUT2D eigenvalue weighted by Gasteiger charge is -2.19. The Hall–Kier alpha value is -5.16. The van der Waals surface area contributed by atoms with Gasteiger partial charge in [0.05, 0.1) is 13.2 Å². The van der Waals surface area contributed by atoms with Gasteiger partial charge in [0.2, 0.25) is 11.9 Å². The van der Waals surface area contributed by atoms with Crippen LogP contribution in [0.4, 0.5) is 23.3 Å². The van der Waals surface area contributed by atoms with E-state index in [0.717, 1.165) is 16.8 Å². The molecular formula is C30H31N9O2. The lowest BCUT2D eigenvalue weighted by atomic mass is 9.86. The molecule has 5 N–H and O–H groups in total. The molecule has 11 nitrogen and oxygen atoms in total. The fourth-order valence-corrected chi connectivity index (χ4v) is 4.29. The number of rotatable bonds is 8. The predicted molar refractivity (Wildman–Crippen MR) is 158 cm³/mol. The standard InChI is InChI=1S/C30H31N9O2/c1-30(2,3)21-11-9-20(10-12-21)27(41)35-25-6-4-5-23(24(25)16-40)26-36-28(31)38-29(37-26)34-22-13-7-19(8-14-22)15-39-18-32-17-33-39/h4-14,17-18,40H,15-16H2,1-3H3,(H,35,41)(H3,31,34,36,37,38). The second-order valence-electron chi connectivity index (χ2n) is 10.5. The molecule has 208 valence electrons. The molecule has 0 aliphatic heterocycles. The molecule has 0 fully saturated rings. The van der Waals surface area contributed by atoms with E-state index in [9.17, 15) is 9.90 Å². The normalized spacial score (nSPS) is 11.3. The highest BCUT2D eigenvalue weighted by molar-refractivity contribution is 6.05. The van der Waals surface area contributed by atoms with Crippen LogP contribution in [0.25, 0.3) is 11.4 Å². The van der Waals surface area contributed by atoms with E-state index in [4.69, 9.17) is 5.73 Å². The Morgan fingerprint density at radius 2 is 1.73 bits per heavy atom. The van der Waals surface area contributed by atoms with Crippen molar-refractivity contribution in [2.45, 2.75) is 39.3 Å². The first-order valence-electron chi connectivity index (χ1n) is 13.0. The zero-order valence-corrected chi connectivity index (χ0v) is 23.0. The number of carbonyl (C=O) groups excluding carboxylic acids is 1. The fourth-order valence-electron chi connectivity index (χ4n) is 4.29. The Kier molecular flexibility index (Phi) is 7.70. The molecule has 0 saturated carbocycles. The number of carbonyl (C=O) groups is 1. The number of aliphatic hydroxyl groups is 1. The maximum atomic E-state index is 13.0. The van der Waals surface area contributed by atoms with Crippen LogP contribution in [-0.4, -0.2) is 40.7 Å². The summed E-state index contributed by atoms with van der Waals surface area (Å²) in [5.41, 5.74) is 10.9. The Labute approximate surface area is 237 Å². The Morgan fingerprint density at radius 1 is 0.976 bits per heavy atom. The molecule has 0 bridgehead atoms. The van der Waals surface area contributed by atoms with E-state index in [2.05, 4.69) is 56.4 Å². The predicted octanol–water partition coefficient (Wildman–Crippen LogP) is 4.55. The summed E-state index contributed by atoms with van der Waals surface area (Å²) in [4.78, 5) is 30.1. The van der Waals surface area contributed by atoms with Gasteiger partial charge in [-0.25, -0.2) is 9.67 Å². The van der Waals surface area contributed by atoms with Crippen LogP contribution in [0.2, 0.25) is 0 Å². The third-order valence-corrected chi connectivity index (χ3v) is 6.51.